The second-order valence-corrected chi connectivity index (χ2v) is 5.51. The fourth-order valence-corrected chi connectivity index (χ4v) is 2.88. The van der Waals surface area contributed by atoms with Gasteiger partial charge in [0.2, 0.25) is 5.43 Å². The standard InChI is InChI=1S/C16H17F2NO3/c1-8(2)13-9(3)14-10(6-12(13)18)15(20)11(16(21)22)7-19(14)5-4-17/h6-8H,4-5H2,1-3H3,(H,21,22). The molecule has 0 amide bonds. The lowest BCUT2D eigenvalue weighted by atomic mass is 9.94. The van der Waals surface area contributed by atoms with E-state index in [1.807, 2.05) is 13.8 Å². The van der Waals surface area contributed by atoms with Gasteiger partial charge in [0.15, 0.2) is 0 Å². The van der Waals surface area contributed by atoms with Gasteiger partial charge in [-0.3, -0.25) is 4.79 Å². The van der Waals surface area contributed by atoms with Crippen LogP contribution in [0, 0.1) is 12.7 Å². The summed E-state index contributed by atoms with van der Waals surface area (Å²) in [4.78, 5) is 23.4. The van der Waals surface area contributed by atoms with Gasteiger partial charge in [-0.15, -0.1) is 0 Å². The SMILES string of the molecule is Cc1c(C(C)C)c(F)cc2c(=O)c(C(=O)O)cn(CCF)c12. The second kappa shape index (κ2) is 5.87. The number of nitrogens with zero attached hydrogens (tertiary/aromatic N) is 1. The minimum atomic E-state index is -1.41. The van der Waals surface area contributed by atoms with Gasteiger partial charge in [-0.1, -0.05) is 13.8 Å². The molecule has 1 heterocycles. The van der Waals surface area contributed by atoms with Crippen molar-refractivity contribution < 1.29 is 18.7 Å². The first-order valence-electron chi connectivity index (χ1n) is 6.95. The van der Waals surface area contributed by atoms with Crippen molar-refractivity contribution in [3.63, 3.8) is 0 Å². The number of aromatic nitrogens is 1. The van der Waals surface area contributed by atoms with Gasteiger partial charge in [0.25, 0.3) is 0 Å². The van der Waals surface area contributed by atoms with Crippen molar-refractivity contribution in [1.29, 1.82) is 0 Å². The van der Waals surface area contributed by atoms with E-state index in [4.69, 9.17) is 5.11 Å². The first kappa shape index (κ1) is 16.1. The summed E-state index contributed by atoms with van der Waals surface area (Å²) in [7, 11) is 0. The molecule has 0 aliphatic heterocycles. The fourth-order valence-electron chi connectivity index (χ4n) is 2.88. The van der Waals surface area contributed by atoms with Crippen LogP contribution in [0.5, 0.6) is 0 Å². The normalized spacial score (nSPS) is 11.4. The van der Waals surface area contributed by atoms with Crippen LogP contribution < -0.4 is 5.43 Å². The van der Waals surface area contributed by atoms with E-state index >= 15 is 0 Å². The average molecular weight is 309 g/mol. The number of aryl methyl sites for hydroxylation is 2. The number of hydrogen-bond acceptors (Lipinski definition) is 2. The summed E-state index contributed by atoms with van der Waals surface area (Å²) >= 11 is 0. The molecule has 1 aromatic carbocycles. The number of fused-ring (bicyclic) bond motifs is 1. The summed E-state index contributed by atoms with van der Waals surface area (Å²) in [5.41, 5.74) is 0.125. The summed E-state index contributed by atoms with van der Waals surface area (Å²) in [5.74, 6) is -2.07. The van der Waals surface area contributed by atoms with Gasteiger partial charge in [-0.2, -0.15) is 0 Å². The first-order valence-corrected chi connectivity index (χ1v) is 6.95. The minimum absolute atomic E-state index is 0.0345. The highest BCUT2D eigenvalue weighted by atomic mass is 19.1. The van der Waals surface area contributed by atoms with Crippen molar-refractivity contribution in [3.05, 3.63) is 45.0 Å². The topological polar surface area (TPSA) is 59.3 Å². The van der Waals surface area contributed by atoms with Gasteiger partial charge in [0.05, 0.1) is 12.1 Å². The molecule has 0 atom stereocenters. The Morgan fingerprint density at radius 1 is 1.41 bits per heavy atom. The lowest BCUT2D eigenvalue weighted by molar-refractivity contribution is 0.0694. The molecule has 118 valence electrons. The Balaban J connectivity index is 3.02. The molecule has 0 spiro atoms. The summed E-state index contributed by atoms with van der Waals surface area (Å²) < 4.78 is 28.5. The number of halogens is 2. The van der Waals surface area contributed by atoms with Crippen molar-refractivity contribution in [1.82, 2.24) is 4.57 Å². The fraction of sp³-hybridized carbons (Fsp3) is 0.375. The zero-order valence-electron chi connectivity index (χ0n) is 12.6. The Bertz CT molecular complexity index is 809. The molecule has 0 aliphatic rings. The van der Waals surface area contributed by atoms with E-state index in [9.17, 15) is 18.4 Å². The number of carbonyl (C=O) groups is 1. The molecule has 0 unspecified atom stereocenters. The highest BCUT2D eigenvalue weighted by molar-refractivity contribution is 5.93. The Morgan fingerprint density at radius 2 is 2.05 bits per heavy atom. The van der Waals surface area contributed by atoms with E-state index < -0.39 is 29.5 Å². The number of carboxylic acids is 1. The van der Waals surface area contributed by atoms with Crippen molar-refractivity contribution in [2.24, 2.45) is 0 Å². The second-order valence-electron chi connectivity index (χ2n) is 5.51. The van der Waals surface area contributed by atoms with Crippen LogP contribution >= 0.6 is 0 Å². The zero-order valence-corrected chi connectivity index (χ0v) is 12.6. The van der Waals surface area contributed by atoms with E-state index in [0.29, 0.717) is 16.6 Å². The third-order valence-electron chi connectivity index (χ3n) is 3.74. The number of rotatable bonds is 4. The molecule has 6 heteroatoms. The lowest BCUT2D eigenvalue weighted by Crippen LogP contribution is -2.21. The highest BCUT2D eigenvalue weighted by Crippen LogP contribution is 2.29. The van der Waals surface area contributed by atoms with Crippen molar-refractivity contribution in [3.8, 4) is 0 Å². The van der Waals surface area contributed by atoms with E-state index in [0.717, 1.165) is 12.3 Å². The maximum atomic E-state index is 14.3. The molecular weight excluding hydrogens is 292 g/mol. The summed E-state index contributed by atoms with van der Waals surface area (Å²) in [5, 5.41) is 9.06. The quantitative estimate of drug-likeness (QED) is 0.943. The third-order valence-corrected chi connectivity index (χ3v) is 3.74. The molecule has 2 aromatic rings. The van der Waals surface area contributed by atoms with Crippen LogP contribution in [0.2, 0.25) is 0 Å². The molecule has 22 heavy (non-hydrogen) atoms. The van der Waals surface area contributed by atoms with Crippen LogP contribution in [-0.2, 0) is 6.54 Å². The van der Waals surface area contributed by atoms with Crippen molar-refractivity contribution >= 4 is 16.9 Å². The Morgan fingerprint density at radius 3 is 2.55 bits per heavy atom. The Labute approximate surface area is 126 Å². The molecule has 0 radical (unpaired) electrons. The Hall–Kier alpha value is -2.24. The monoisotopic (exact) mass is 309 g/mol. The number of hydrogen-bond donors (Lipinski definition) is 1. The summed E-state index contributed by atoms with van der Waals surface area (Å²) in [6.07, 6.45) is 1.13. The van der Waals surface area contributed by atoms with E-state index in [2.05, 4.69) is 0 Å². The van der Waals surface area contributed by atoms with E-state index in [1.54, 1.807) is 6.92 Å². The number of aromatic carboxylic acids is 1. The summed E-state index contributed by atoms with van der Waals surface area (Å²) in [6.45, 7) is 4.49. The zero-order chi connectivity index (χ0) is 16.6. The van der Waals surface area contributed by atoms with E-state index in [1.165, 1.54) is 4.57 Å². The predicted octanol–water partition coefficient (Wildman–Crippen LogP) is 3.24. The minimum Gasteiger partial charge on any atom is -0.477 e. The van der Waals surface area contributed by atoms with Gasteiger partial charge in [0.1, 0.15) is 18.1 Å². The van der Waals surface area contributed by atoms with Gasteiger partial charge in [0, 0.05) is 11.6 Å². The van der Waals surface area contributed by atoms with Crippen LogP contribution in [-0.4, -0.2) is 22.3 Å². The molecular formula is C16H17F2NO3. The van der Waals surface area contributed by atoms with Gasteiger partial charge in [-0.05, 0) is 30.0 Å². The molecule has 0 bridgehead atoms. The average Bonchev–Trinajstić information content (AvgIpc) is 2.41. The van der Waals surface area contributed by atoms with E-state index in [-0.39, 0.29) is 17.8 Å². The van der Waals surface area contributed by atoms with Crippen LogP contribution in [0.1, 0.15) is 41.3 Å². The van der Waals surface area contributed by atoms with Crippen molar-refractivity contribution in [2.45, 2.75) is 33.2 Å². The molecule has 0 aliphatic carbocycles. The molecule has 2 rings (SSSR count). The predicted molar refractivity (Wildman–Crippen MR) is 79.9 cm³/mol. The van der Waals surface area contributed by atoms with Gasteiger partial charge < -0.3 is 9.67 Å². The number of pyridine rings is 1. The van der Waals surface area contributed by atoms with Gasteiger partial charge >= 0.3 is 5.97 Å². The van der Waals surface area contributed by atoms with Crippen LogP contribution in [0.15, 0.2) is 17.1 Å². The molecule has 1 aromatic heterocycles. The molecule has 0 fully saturated rings. The maximum Gasteiger partial charge on any atom is 0.341 e. The van der Waals surface area contributed by atoms with Gasteiger partial charge in [-0.25, -0.2) is 13.6 Å². The smallest absolute Gasteiger partial charge is 0.341 e. The maximum absolute atomic E-state index is 14.3. The van der Waals surface area contributed by atoms with Crippen LogP contribution in [0.25, 0.3) is 10.9 Å². The molecule has 1 N–H and O–H groups in total. The highest BCUT2D eigenvalue weighted by Gasteiger charge is 2.20. The molecule has 4 nitrogen and oxygen atoms in total. The summed E-state index contributed by atoms with van der Waals surface area (Å²) in [6, 6.07) is 1.06. The number of alkyl halides is 1. The lowest BCUT2D eigenvalue weighted by Gasteiger charge is -2.18. The van der Waals surface area contributed by atoms with Crippen LogP contribution in [0.4, 0.5) is 8.78 Å². The Kier molecular flexibility index (Phi) is 4.30. The number of benzene rings is 1. The molecule has 0 saturated heterocycles. The largest absolute Gasteiger partial charge is 0.477 e. The third kappa shape index (κ3) is 2.49. The van der Waals surface area contributed by atoms with Crippen LogP contribution in [0.3, 0.4) is 0 Å². The van der Waals surface area contributed by atoms with Crippen molar-refractivity contribution in [2.75, 3.05) is 6.67 Å². The molecule has 0 saturated carbocycles. The first-order chi connectivity index (χ1) is 10.3. The number of carboxylic acid groups (broad SMARTS) is 1.